The molecule has 0 unspecified atom stereocenters. The number of ether oxygens (including phenoxy) is 1. The maximum absolute atomic E-state index is 5.89. The molecule has 0 saturated heterocycles. The molecule has 0 aliphatic heterocycles. The number of hydrogen-bond donors (Lipinski definition) is 1. The SMILES string of the molecule is Cc1ccc(Oc2nn(C)cc2N)c(C(C)(C)C)c1. The molecule has 2 N–H and O–H groups in total. The molecule has 0 atom stereocenters. The number of nitrogen functional groups attached to an aromatic ring is 1. The topological polar surface area (TPSA) is 53.1 Å². The van der Waals surface area contributed by atoms with Gasteiger partial charge < -0.3 is 10.5 Å². The van der Waals surface area contributed by atoms with E-state index in [-0.39, 0.29) is 5.41 Å². The summed E-state index contributed by atoms with van der Waals surface area (Å²) in [4.78, 5) is 0. The highest BCUT2D eigenvalue weighted by atomic mass is 16.5. The monoisotopic (exact) mass is 259 g/mol. The summed E-state index contributed by atoms with van der Waals surface area (Å²) in [6, 6.07) is 6.15. The lowest BCUT2D eigenvalue weighted by Crippen LogP contribution is -2.13. The van der Waals surface area contributed by atoms with Crippen LogP contribution in [0.3, 0.4) is 0 Å². The predicted molar refractivity (Wildman–Crippen MR) is 77.6 cm³/mol. The van der Waals surface area contributed by atoms with E-state index in [2.05, 4.69) is 38.9 Å². The van der Waals surface area contributed by atoms with E-state index in [1.54, 1.807) is 10.9 Å². The van der Waals surface area contributed by atoms with Gasteiger partial charge in [-0.3, -0.25) is 4.68 Å². The Morgan fingerprint density at radius 2 is 1.95 bits per heavy atom. The molecule has 0 fully saturated rings. The van der Waals surface area contributed by atoms with E-state index in [0.29, 0.717) is 11.6 Å². The van der Waals surface area contributed by atoms with Gasteiger partial charge in [0.1, 0.15) is 11.4 Å². The number of nitrogens with two attached hydrogens (primary N) is 1. The van der Waals surface area contributed by atoms with E-state index in [1.165, 1.54) is 5.56 Å². The van der Waals surface area contributed by atoms with Crippen LogP contribution in [0.1, 0.15) is 31.9 Å². The largest absolute Gasteiger partial charge is 0.436 e. The van der Waals surface area contributed by atoms with Crippen molar-refractivity contribution in [3.8, 4) is 11.6 Å². The van der Waals surface area contributed by atoms with Gasteiger partial charge in [-0.1, -0.05) is 38.5 Å². The Balaban J connectivity index is 2.43. The summed E-state index contributed by atoms with van der Waals surface area (Å²) in [7, 11) is 1.82. The third kappa shape index (κ3) is 2.89. The Bertz CT molecular complexity index is 594. The fraction of sp³-hybridized carbons (Fsp3) is 0.400. The Labute approximate surface area is 114 Å². The zero-order valence-corrected chi connectivity index (χ0v) is 12.2. The zero-order valence-electron chi connectivity index (χ0n) is 12.2. The minimum Gasteiger partial charge on any atom is -0.436 e. The molecule has 0 saturated carbocycles. The normalized spacial score (nSPS) is 11.6. The molecular formula is C15H21N3O. The molecule has 0 bridgehead atoms. The summed E-state index contributed by atoms with van der Waals surface area (Å²) in [6.45, 7) is 8.57. The van der Waals surface area contributed by atoms with Crippen LogP contribution in [0.25, 0.3) is 0 Å². The predicted octanol–water partition coefficient (Wildman–Crippen LogP) is 3.40. The maximum atomic E-state index is 5.89. The van der Waals surface area contributed by atoms with Crippen LogP contribution in [0.4, 0.5) is 5.69 Å². The molecule has 2 rings (SSSR count). The molecular weight excluding hydrogens is 238 g/mol. The van der Waals surface area contributed by atoms with Gasteiger partial charge in [0.2, 0.25) is 0 Å². The van der Waals surface area contributed by atoms with Crippen LogP contribution in [0.15, 0.2) is 24.4 Å². The minimum atomic E-state index is 0.00486. The second-order valence-electron chi connectivity index (χ2n) is 5.91. The first-order valence-electron chi connectivity index (χ1n) is 6.35. The molecule has 4 nitrogen and oxygen atoms in total. The van der Waals surface area contributed by atoms with Crippen molar-refractivity contribution in [3.05, 3.63) is 35.5 Å². The standard InChI is InChI=1S/C15H21N3O/c1-10-6-7-13(11(8-10)15(2,3)4)19-14-12(16)9-18(5)17-14/h6-9H,16H2,1-5H3. The summed E-state index contributed by atoms with van der Waals surface area (Å²) in [5, 5.41) is 4.22. The highest BCUT2D eigenvalue weighted by Gasteiger charge is 2.20. The number of rotatable bonds is 2. The summed E-state index contributed by atoms with van der Waals surface area (Å²) < 4.78 is 7.53. The van der Waals surface area contributed by atoms with Gasteiger partial charge in [0, 0.05) is 12.6 Å². The van der Waals surface area contributed by atoms with E-state index in [1.807, 2.05) is 19.2 Å². The second kappa shape index (κ2) is 4.61. The molecule has 0 amide bonds. The van der Waals surface area contributed by atoms with Gasteiger partial charge >= 0.3 is 0 Å². The highest BCUT2D eigenvalue weighted by Crippen LogP contribution is 2.35. The van der Waals surface area contributed by atoms with Crippen molar-refractivity contribution < 1.29 is 4.74 Å². The number of aromatic nitrogens is 2. The van der Waals surface area contributed by atoms with E-state index >= 15 is 0 Å². The molecule has 0 aliphatic carbocycles. The van der Waals surface area contributed by atoms with Crippen molar-refractivity contribution in [2.24, 2.45) is 7.05 Å². The minimum absolute atomic E-state index is 0.00486. The van der Waals surface area contributed by atoms with Crippen molar-refractivity contribution in [2.75, 3.05) is 5.73 Å². The van der Waals surface area contributed by atoms with Crippen LogP contribution in [-0.2, 0) is 12.5 Å². The van der Waals surface area contributed by atoms with Crippen LogP contribution < -0.4 is 10.5 Å². The maximum Gasteiger partial charge on any atom is 0.261 e. The lowest BCUT2D eigenvalue weighted by Gasteiger charge is -2.22. The number of aryl methyl sites for hydroxylation is 2. The number of hydrogen-bond acceptors (Lipinski definition) is 3. The summed E-state index contributed by atoms with van der Waals surface area (Å²) in [5.41, 5.74) is 8.78. The van der Waals surface area contributed by atoms with Crippen molar-refractivity contribution in [2.45, 2.75) is 33.1 Å². The fourth-order valence-electron chi connectivity index (χ4n) is 1.99. The quantitative estimate of drug-likeness (QED) is 0.899. The summed E-state index contributed by atoms with van der Waals surface area (Å²) in [5.74, 6) is 1.26. The summed E-state index contributed by atoms with van der Waals surface area (Å²) >= 11 is 0. The first-order chi connectivity index (χ1) is 8.77. The molecule has 1 aromatic carbocycles. The van der Waals surface area contributed by atoms with Crippen LogP contribution in [-0.4, -0.2) is 9.78 Å². The zero-order chi connectivity index (χ0) is 14.2. The Morgan fingerprint density at radius 1 is 1.26 bits per heavy atom. The molecule has 0 aliphatic rings. The fourth-order valence-corrected chi connectivity index (χ4v) is 1.99. The van der Waals surface area contributed by atoms with E-state index in [0.717, 1.165) is 11.3 Å². The Kier molecular flexibility index (Phi) is 3.27. The van der Waals surface area contributed by atoms with Gasteiger partial charge in [0.25, 0.3) is 5.88 Å². The van der Waals surface area contributed by atoms with Gasteiger partial charge in [0.15, 0.2) is 0 Å². The number of nitrogens with zero attached hydrogens (tertiary/aromatic N) is 2. The Hall–Kier alpha value is -1.97. The van der Waals surface area contributed by atoms with Crippen LogP contribution in [0.5, 0.6) is 11.6 Å². The molecule has 1 aromatic heterocycles. The van der Waals surface area contributed by atoms with Gasteiger partial charge in [-0.2, -0.15) is 0 Å². The Morgan fingerprint density at radius 3 is 2.47 bits per heavy atom. The first kappa shape index (κ1) is 13.5. The third-order valence-corrected chi connectivity index (χ3v) is 2.97. The smallest absolute Gasteiger partial charge is 0.261 e. The number of benzene rings is 1. The highest BCUT2D eigenvalue weighted by molar-refractivity contribution is 5.50. The average Bonchev–Trinajstić information content (AvgIpc) is 2.58. The van der Waals surface area contributed by atoms with Crippen molar-refractivity contribution >= 4 is 5.69 Å². The second-order valence-corrected chi connectivity index (χ2v) is 5.91. The van der Waals surface area contributed by atoms with Crippen LogP contribution in [0.2, 0.25) is 0 Å². The molecule has 0 spiro atoms. The molecule has 102 valence electrons. The van der Waals surface area contributed by atoms with Crippen LogP contribution in [0, 0.1) is 6.92 Å². The average molecular weight is 259 g/mol. The van der Waals surface area contributed by atoms with Gasteiger partial charge in [0.05, 0.1) is 6.20 Å². The lowest BCUT2D eigenvalue weighted by molar-refractivity contribution is 0.434. The van der Waals surface area contributed by atoms with Crippen LogP contribution >= 0.6 is 0 Å². The summed E-state index contributed by atoms with van der Waals surface area (Å²) in [6.07, 6.45) is 1.74. The van der Waals surface area contributed by atoms with E-state index in [4.69, 9.17) is 10.5 Å². The lowest BCUT2D eigenvalue weighted by atomic mass is 9.85. The molecule has 0 radical (unpaired) electrons. The molecule has 2 aromatic rings. The van der Waals surface area contributed by atoms with Crippen molar-refractivity contribution in [3.63, 3.8) is 0 Å². The van der Waals surface area contributed by atoms with Gasteiger partial charge in [-0.05, 0) is 18.4 Å². The van der Waals surface area contributed by atoms with E-state index < -0.39 is 0 Å². The molecule has 4 heteroatoms. The van der Waals surface area contributed by atoms with Crippen molar-refractivity contribution in [1.29, 1.82) is 0 Å². The third-order valence-electron chi connectivity index (χ3n) is 2.97. The number of anilines is 1. The van der Waals surface area contributed by atoms with Gasteiger partial charge in [-0.25, -0.2) is 0 Å². The first-order valence-corrected chi connectivity index (χ1v) is 6.35. The molecule has 1 heterocycles. The van der Waals surface area contributed by atoms with Gasteiger partial charge in [-0.15, -0.1) is 5.10 Å². The van der Waals surface area contributed by atoms with Crippen molar-refractivity contribution in [1.82, 2.24) is 9.78 Å². The molecule has 19 heavy (non-hydrogen) atoms. The van der Waals surface area contributed by atoms with E-state index in [9.17, 15) is 0 Å².